The van der Waals surface area contributed by atoms with E-state index >= 15 is 0 Å². The molecule has 0 aromatic carbocycles. The molecule has 0 aliphatic carbocycles. The number of carbonyl (C=O) groups is 3. The molecule has 0 spiro atoms. The lowest BCUT2D eigenvalue weighted by Crippen LogP contribution is -2.45. The topological polar surface area (TPSA) is 83.9 Å². The number of hydrogen-bond donors (Lipinski definition) is 1. The lowest BCUT2D eigenvalue weighted by Gasteiger charge is -2.21. The first-order valence-electron chi connectivity index (χ1n) is 5.77. The molecule has 0 aromatic heterocycles. The zero-order valence-electron chi connectivity index (χ0n) is 9.33. The maximum atomic E-state index is 12.1. The monoisotopic (exact) mass is 239 g/mol. The Hall–Kier alpha value is -1.43. The predicted octanol–water partition coefficient (Wildman–Crippen LogP) is -0.378. The first kappa shape index (κ1) is 10.7. The van der Waals surface area contributed by atoms with E-state index in [-0.39, 0.29) is 24.0 Å². The number of carboxylic acids is 1. The van der Waals surface area contributed by atoms with Gasteiger partial charge in [0.2, 0.25) is 11.8 Å². The van der Waals surface area contributed by atoms with Gasteiger partial charge in [-0.15, -0.1) is 0 Å². The summed E-state index contributed by atoms with van der Waals surface area (Å²) in [6, 6.07) is -1.08. The Morgan fingerprint density at radius 2 is 1.76 bits per heavy atom. The molecule has 0 saturated carbocycles. The van der Waals surface area contributed by atoms with E-state index in [0.29, 0.717) is 0 Å². The van der Waals surface area contributed by atoms with E-state index in [1.807, 2.05) is 0 Å². The highest BCUT2D eigenvalue weighted by Gasteiger charge is 2.63. The minimum atomic E-state index is -1.15. The average molecular weight is 239 g/mol. The molecule has 3 rings (SSSR count). The van der Waals surface area contributed by atoms with Gasteiger partial charge in [-0.3, -0.25) is 14.5 Å². The molecule has 2 amide bonds. The van der Waals surface area contributed by atoms with Gasteiger partial charge in [0.1, 0.15) is 6.04 Å². The molecule has 5 atom stereocenters. The molecule has 3 aliphatic rings. The number of imide groups is 1. The Morgan fingerprint density at radius 1 is 1.29 bits per heavy atom. The van der Waals surface area contributed by atoms with Crippen LogP contribution >= 0.6 is 0 Å². The maximum Gasteiger partial charge on any atom is 0.326 e. The maximum absolute atomic E-state index is 12.1. The van der Waals surface area contributed by atoms with Crippen molar-refractivity contribution in [2.75, 3.05) is 0 Å². The summed E-state index contributed by atoms with van der Waals surface area (Å²) in [5.74, 6) is -2.78. The summed E-state index contributed by atoms with van der Waals surface area (Å²) in [6.45, 7) is 1.36. The van der Waals surface area contributed by atoms with Crippen molar-refractivity contribution in [2.45, 2.75) is 38.0 Å². The van der Waals surface area contributed by atoms with Crippen LogP contribution in [0.5, 0.6) is 0 Å². The van der Waals surface area contributed by atoms with E-state index in [2.05, 4.69) is 0 Å². The van der Waals surface area contributed by atoms with Crippen LogP contribution in [-0.2, 0) is 19.1 Å². The number of ether oxygens (including phenoxy) is 1. The van der Waals surface area contributed by atoms with Gasteiger partial charge >= 0.3 is 5.97 Å². The number of carbonyl (C=O) groups excluding carboxylic acids is 2. The molecular weight excluding hydrogens is 226 g/mol. The molecule has 17 heavy (non-hydrogen) atoms. The van der Waals surface area contributed by atoms with Crippen LogP contribution in [0.15, 0.2) is 0 Å². The van der Waals surface area contributed by atoms with Crippen LogP contribution in [0.4, 0.5) is 0 Å². The molecule has 6 nitrogen and oxygen atoms in total. The largest absolute Gasteiger partial charge is 0.480 e. The Balaban J connectivity index is 1.93. The fourth-order valence-corrected chi connectivity index (χ4v) is 3.23. The Morgan fingerprint density at radius 3 is 2.18 bits per heavy atom. The number of carboxylic acid groups (broad SMARTS) is 1. The van der Waals surface area contributed by atoms with E-state index in [9.17, 15) is 14.4 Å². The third-order valence-corrected chi connectivity index (χ3v) is 4.06. The first-order valence-corrected chi connectivity index (χ1v) is 5.77. The van der Waals surface area contributed by atoms with Gasteiger partial charge in [0.05, 0.1) is 24.0 Å². The normalized spacial score (nSPS) is 40.9. The van der Waals surface area contributed by atoms with Crippen molar-refractivity contribution in [1.82, 2.24) is 4.90 Å². The molecular formula is C11H13NO5. The average Bonchev–Trinajstić information content (AvgIpc) is 2.92. The molecule has 3 saturated heterocycles. The third kappa shape index (κ3) is 1.21. The lowest BCUT2D eigenvalue weighted by atomic mass is 9.81. The SMILES string of the molecule is C[C@H](C(=O)O)N1C(=O)[C@@H]2[C@@H](C1=O)[C@@H]1CC[C@@H]2O1. The molecule has 6 heteroatoms. The van der Waals surface area contributed by atoms with Crippen LogP contribution < -0.4 is 0 Å². The van der Waals surface area contributed by atoms with Gasteiger partial charge in [-0.2, -0.15) is 0 Å². The van der Waals surface area contributed by atoms with Gasteiger partial charge in [-0.25, -0.2) is 4.79 Å². The fourth-order valence-electron chi connectivity index (χ4n) is 3.23. The first-order chi connectivity index (χ1) is 8.02. The molecule has 1 N–H and O–H groups in total. The third-order valence-electron chi connectivity index (χ3n) is 4.06. The standard InChI is InChI=1S/C11H13NO5/c1-4(11(15)16)12-9(13)7-5-2-3-6(17-5)8(7)10(12)14/h4-8H,2-3H2,1H3,(H,15,16)/t4-,5+,6+,7+,8+/m1/s1. The minimum absolute atomic E-state index is 0.188. The second-order valence-electron chi connectivity index (χ2n) is 4.90. The molecule has 0 aromatic rings. The van der Waals surface area contributed by atoms with Crippen molar-refractivity contribution in [2.24, 2.45) is 11.8 Å². The zero-order valence-corrected chi connectivity index (χ0v) is 9.33. The molecule has 3 heterocycles. The number of amides is 2. The Bertz CT molecular complexity index is 392. The Labute approximate surface area is 97.5 Å². The van der Waals surface area contributed by atoms with E-state index in [1.54, 1.807) is 0 Å². The van der Waals surface area contributed by atoms with E-state index in [4.69, 9.17) is 9.84 Å². The summed E-state index contributed by atoms with van der Waals surface area (Å²) in [5.41, 5.74) is 0. The Kier molecular flexibility index (Phi) is 2.07. The number of likely N-dealkylation sites (tertiary alicyclic amines) is 1. The molecule has 2 bridgehead atoms. The van der Waals surface area contributed by atoms with Crippen LogP contribution in [0.3, 0.4) is 0 Å². The molecule has 3 fully saturated rings. The number of fused-ring (bicyclic) bond motifs is 5. The molecule has 92 valence electrons. The number of hydrogen-bond acceptors (Lipinski definition) is 4. The van der Waals surface area contributed by atoms with Crippen molar-refractivity contribution in [3.05, 3.63) is 0 Å². The van der Waals surface area contributed by atoms with Crippen LogP contribution in [0.2, 0.25) is 0 Å². The summed E-state index contributed by atoms with van der Waals surface area (Å²) in [6.07, 6.45) is 1.21. The summed E-state index contributed by atoms with van der Waals surface area (Å²) in [7, 11) is 0. The number of rotatable bonds is 2. The second-order valence-corrected chi connectivity index (χ2v) is 4.90. The highest BCUT2D eigenvalue weighted by molar-refractivity contribution is 6.08. The van der Waals surface area contributed by atoms with Gasteiger partial charge in [0, 0.05) is 0 Å². The summed E-state index contributed by atoms with van der Waals surface area (Å²) in [4.78, 5) is 36.0. The van der Waals surface area contributed by atoms with Gasteiger partial charge < -0.3 is 9.84 Å². The van der Waals surface area contributed by atoms with Crippen molar-refractivity contribution in [3.63, 3.8) is 0 Å². The summed E-state index contributed by atoms with van der Waals surface area (Å²) in [5, 5.41) is 8.91. The summed E-state index contributed by atoms with van der Waals surface area (Å²) < 4.78 is 5.55. The lowest BCUT2D eigenvalue weighted by molar-refractivity contribution is -0.155. The van der Waals surface area contributed by atoms with Crippen molar-refractivity contribution < 1.29 is 24.2 Å². The van der Waals surface area contributed by atoms with E-state index < -0.39 is 23.8 Å². The number of aliphatic carboxylic acids is 1. The smallest absolute Gasteiger partial charge is 0.326 e. The fraction of sp³-hybridized carbons (Fsp3) is 0.727. The van der Waals surface area contributed by atoms with E-state index in [0.717, 1.165) is 17.7 Å². The van der Waals surface area contributed by atoms with E-state index in [1.165, 1.54) is 6.92 Å². The van der Waals surface area contributed by atoms with Gasteiger partial charge in [0.15, 0.2) is 0 Å². The highest BCUT2D eigenvalue weighted by Crippen LogP contribution is 2.48. The predicted molar refractivity (Wildman–Crippen MR) is 53.8 cm³/mol. The van der Waals surface area contributed by atoms with Gasteiger partial charge in [-0.05, 0) is 19.8 Å². The van der Waals surface area contributed by atoms with Crippen molar-refractivity contribution in [1.29, 1.82) is 0 Å². The quantitative estimate of drug-likeness (QED) is 0.664. The van der Waals surface area contributed by atoms with Crippen LogP contribution in [0.25, 0.3) is 0 Å². The second kappa shape index (κ2) is 3.29. The van der Waals surface area contributed by atoms with Crippen molar-refractivity contribution >= 4 is 17.8 Å². The van der Waals surface area contributed by atoms with Crippen LogP contribution in [0.1, 0.15) is 19.8 Å². The molecule has 0 radical (unpaired) electrons. The van der Waals surface area contributed by atoms with Crippen LogP contribution in [0, 0.1) is 11.8 Å². The highest BCUT2D eigenvalue weighted by atomic mass is 16.5. The van der Waals surface area contributed by atoms with Gasteiger partial charge in [-0.1, -0.05) is 0 Å². The molecule has 0 unspecified atom stereocenters. The zero-order chi connectivity index (χ0) is 12.3. The summed E-state index contributed by atoms with van der Waals surface area (Å²) >= 11 is 0. The molecule has 3 aliphatic heterocycles. The van der Waals surface area contributed by atoms with Crippen molar-refractivity contribution in [3.8, 4) is 0 Å². The number of nitrogens with zero attached hydrogens (tertiary/aromatic N) is 1. The van der Waals surface area contributed by atoms with Crippen LogP contribution in [-0.4, -0.2) is 46.0 Å². The minimum Gasteiger partial charge on any atom is -0.480 e. The van der Waals surface area contributed by atoms with Gasteiger partial charge in [0.25, 0.3) is 0 Å².